The van der Waals surface area contributed by atoms with Crippen molar-refractivity contribution in [1.29, 1.82) is 0 Å². The number of carbonyl (C=O) groups is 1. The number of carboxylic acids is 1. The number of fused-ring (bicyclic) bond motifs is 2. The van der Waals surface area contributed by atoms with Gasteiger partial charge >= 0.3 is 5.97 Å². The zero-order valence-corrected chi connectivity index (χ0v) is 10.2. The quantitative estimate of drug-likeness (QED) is 0.878. The summed E-state index contributed by atoms with van der Waals surface area (Å²) in [5, 5.41) is 9.72. The highest BCUT2D eigenvalue weighted by molar-refractivity contribution is 6.31. The summed E-state index contributed by atoms with van der Waals surface area (Å²) < 4.78 is 0. The van der Waals surface area contributed by atoms with Crippen molar-refractivity contribution in [1.82, 2.24) is 0 Å². The van der Waals surface area contributed by atoms with Gasteiger partial charge in [-0.15, -0.1) is 0 Å². The summed E-state index contributed by atoms with van der Waals surface area (Å²) >= 11 is 5.86. The number of piperidine rings is 1. The smallest absolute Gasteiger partial charge is 0.337 e. The minimum Gasteiger partial charge on any atom is -0.478 e. The lowest BCUT2D eigenvalue weighted by molar-refractivity contribution is 0.0697. The van der Waals surface area contributed by atoms with Crippen molar-refractivity contribution >= 4 is 23.3 Å². The Hall–Kier alpha value is -1.22. The SMILES string of the molecule is O=C(O)c1cc(Cl)ccc1N1CC2CCC1C2. The first kappa shape index (κ1) is 10.9. The highest BCUT2D eigenvalue weighted by Crippen LogP contribution is 2.41. The van der Waals surface area contributed by atoms with Gasteiger partial charge in [-0.1, -0.05) is 11.6 Å². The maximum absolute atomic E-state index is 11.3. The molecule has 0 radical (unpaired) electrons. The molecule has 1 N–H and O–H groups in total. The molecule has 90 valence electrons. The van der Waals surface area contributed by atoms with Gasteiger partial charge in [0.15, 0.2) is 0 Å². The monoisotopic (exact) mass is 251 g/mol. The van der Waals surface area contributed by atoms with Crippen LogP contribution in [0.25, 0.3) is 0 Å². The summed E-state index contributed by atoms with van der Waals surface area (Å²) in [6.45, 7) is 0.993. The lowest BCUT2D eigenvalue weighted by atomic mass is 10.1. The summed E-state index contributed by atoms with van der Waals surface area (Å²) in [5.41, 5.74) is 1.15. The van der Waals surface area contributed by atoms with Crippen LogP contribution in [0, 0.1) is 5.92 Å². The van der Waals surface area contributed by atoms with E-state index in [-0.39, 0.29) is 0 Å². The number of rotatable bonds is 2. The maximum atomic E-state index is 11.3. The van der Waals surface area contributed by atoms with Gasteiger partial charge in [-0.25, -0.2) is 4.79 Å². The Balaban J connectivity index is 2.00. The molecule has 1 aromatic carbocycles. The van der Waals surface area contributed by atoms with Crippen molar-refractivity contribution < 1.29 is 9.90 Å². The molecule has 1 saturated carbocycles. The summed E-state index contributed by atoms with van der Waals surface area (Å²) in [5.74, 6) is -0.150. The molecule has 2 atom stereocenters. The topological polar surface area (TPSA) is 40.5 Å². The summed E-state index contributed by atoms with van der Waals surface area (Å²) in [7, 11) is 0. The number of carboxylic acid groups (broad SMARTS) is 1. The number of anilines is 1. The van der Waals surface area contributed by atoms with Crippen LogP contribution in [0.15, 0.2) is 18.2 Å². The van der Waals surface area contributed by atoms with E-state index in [2.05, 4.69) is 4.90 Å². The molecular formula is C13H14ClNO2. The van der Waals surface area contributed by atoms with Gasteiger partial charge in [0.1, 0.15) is 0 Å². The number of nitrogens with zero attached hydrogens (tertiary/aromatic N) is 1. The van der Waals surface area contributed by atoms with Crippen molar-refractivity contribution in [3.63, 3.8) is 0 Å². The second-order valence-corrected chi connectivity index (χ2v) is 5.39. The van der Waals surface area contributed by atoms with Gasteiger partial charge in [-0.2, -0.15) is 0 Å². The Bertz CT molecular complexity index is 474. The number of halogens is 1. The van der Waals surface area contributed by atoms with Crippen molar-refractivity contribution in [2.75, 3.05) is 11.4 Å². The molecule has 4 heteroatoms. The van der Waals surface area contributed by atoms with E-state index in [4.69, 9.17) is 11.6 Å². The Morgan fingerprint density at radius 2 is 2.24 bits per heavy atom. The van der Waals surface area contributed by atoms with E-state index in [1.54, 1.807) is 12.1 Å². The molecule has 2 fully saturated rings. The van der Waals surface area contributed by atoms with Crippen LogP contribution in [-0.2, 0) is 0 Å². The highest BCUT2D eigenvalue weighted by Gasteiger charge is 2.38. The lowest BCUT2D eigenvalue weighted by Crippen LogP contribution is -2.33. The van der Waals surface area contributed by atoms with Crippen LogP contribution in [0.2, 0.25) is 5.02 Å². The van der Waals surface area contributed by atoms with E-state index in [1.807, 2.05) is 6.07 Å². The molecule has 2 unspecified atom stereocenters. The normalized spacial score (nSPS) is 26.5. The zero-order valence-electron chi connectivity index (χ0n) is 9.40. The fraction of sp³-hybridized carbons (Fsp3) is 0.462. The standard InChI is InChI=1S/C13H14ClNO2/c14-9-2-4-12(11(6-9)13(16)17)15-7-8-1-3-10(15)5-8/h2,4,6,8,10H,1,3,5,7H2,(H,16,17). The van der Waals surface area contributed by atoms with Gasteiger partial charge in [-0.05, 0) is 43.4 Å². The molecule has 1 heterocycles. The molecule has 2 aliphatic rings. The first-order chi connectivity index (χ1) is 8.15. The minimum atomic E-state index is -0.898. The van der Waals surface area contributed by atoms with Crippen molar-refractivity contribution in [3.05, 3.63) is 28.8 Å². The van der Waals surface area contributed by atoms with Crippen LogP contribution in [0.4, 0.5) is 5.69 Å². The predicted octanol–water partition coefficient (Wildman–Crippen LogP) is 3.03. The maximum Gasteiger partial charge on any atom is 0.337 e. The van der Waals surface area contributed by atoms with Gasteiger partial charge in [-0.3, -0.25) is 0 Å². The molecule has 2 bridgehead atoms. The molecular weight excluding hydrogens is 238 g/mol. The van der Waals surface area contributed by atoms with Crippen LogP contribution in [0.3, 0.4) is 0 Å². The number of hydrogen-bond acceptors (Lipinski definition) is 2. The van der Waals surface area contributed by atoms with E-state index in [0.717, 1.165) is 18.2 Å². The van der Waals surface area contributed by atoms with E-state index in [0.29, 0.717) is 16.6 Å². The van der Waals surface area contributed by atoms with Crippen LogP contribution in [-0.4, -0.2) is 23.7 Å². The van der Waals surface area contributed by atoms with Gasteiger partial charge in [0.25, 0.3) is 0 Å². The highest BCUT2D eigenvalue weighted by atomic mass is 35.5. The van der Waals surface area contributed by atoms with Gasteiger partial charge in [0, 0.05) is 17.6 Å². The molecule has 3 rings (SSSR count). The third-order valence-electron chi connectivity index (χ3n) is 3.91. The fourth-order valence-electron chi connectivity index (χ4n) is 3.15. The van der Waals surface area contributed by atoms with Crippen molar-refractivity contribution in [2.45, 2.75) is 25.3 Å². The van der Waals surface area contributed by atoms with E-state index in [9.17, 15) is 9.90 Å². The fourth-order valence-corrected chi connectivity index (χ4v) is 3.32. The van der Waals surface area contributed by atoms with Crippen LogP contribution in [0.1, 0.15) is 29.6 Å². The summed E-state index contributed by atoms with van der Waals surface area (Å²) in [4.78, 5) is 13.5. The zero-order chi connectivity index (χ0) is 12.0. The minimum absolute atomic E-state index is 0.324. The molecule has 1 saturated heterocycles. The third-order valence-corrected chi connectivity index (χ3v) is 4.14. The van der Waals surface area contributed by atoms with Crippen molar-refractivity contribution in [3.8, 4) is 0 Å². The summed E-state index contributed by atoms with van der Waals surface area (Å²) in [6.07, 6.45) is 3.69. The van der Waals surface area contributed by atoms with Crippen LogP contribution >= 0.6 is 11.6 Å². The molecule has 1 aromatic rings. The Labute approximate surface area is 105 Å². The average molecular weight is 252 g/mol. The first-order valence-corrected chi connectivity index (χ1v) is 6.32. The number of aromatic carboxylic acids is 1. The molecule has 17 heavy (non-hydrogen) atoms. The second kappa shape index (κ2) is 3.91. The summed E-state index contributed by atoms with van der Waals surface area (Å²) in [6, 6.07) is 5.69. The number of hydrogen-bond donors (Lipinski definition) is 1. The van der Waals surface area contributed by atoms with E-state index >= 15 is 0 Å². The van der Waals surface area contributed by atoms with E-state index < -0.39 is 5.97 Å². The molecule has 0 amide bonds. The Morgan fingerprint density at radius 3 is 2.82 bits per heavy atom. The molecule has 0 aromatic heterocycles. The predicted molar refractivity (Wildman–Crippen MR) is 66.9 cm³/mol. The molecule has 1 aliphatic heterocycles. The van der Waals surface area contributed by atoms with E-state index in [1.165, 1.54) is 19.3 Å². The molecule has 3 nitrogen and oxygen atoms in total. The van der Waals surface area contributed by atoms with Gasteiger partial charge in [0.05, 0.1) is 11.3 Å². The number of benzene rings is 1. The first-order valence-electron chi connectivity index (χ1n) is 5.94. The molecule has 0 spiro atoms. The van der Waals surface area contributed by atoms with Gasteiger partial charge in [0.2, 0.25) is 0 Å². The largest absolute Gasteiger partial charge is 0.478 e. The lowest BCUT2D eigenvalue weighted by Gasteiger charge is -2.30. The van der Waals surface area contributed by atoms with Crippen LogP contribution < -0.4 is 4.90 Å². The van der Waals surface area contributed by atoms with Crippen molar-refractivity contribution in [2.24, 2.45) is 5.92 Å². The van der Waals surface area contributed by atoms with Crippen LogP contribution in [0.5, 0.6) is 0 Å². The second-order valence-electron chi connectivity index (χ2n) is 4.95. The average Bonchev–Trinajstić information content (AvgIpc) is 2.90. The third kappa shape index (κ3) is 1.78. The Morgan fingerprint density at radius 1 is 1.41 bits per heavy atom. The van der Waals surface area contributed by atoms with Gasteiger partial charge < -0.3 is 10.0 Å². The Kier molecular flexibility index (Phi) is 2.51. The molecule has 1 aliphatic carbocycles.